The molecule has 0 radical (unpaired) electrons. The fraction of sp³-hybridized carbons (Fsp3) is 0.391. The Kier molecular flexibility index (Phi) is 5.64. The van der Waals surface area contributed by atoms with Gasteiger partial charge in [0, 0.05) is 0 Å². The Hall–Kier alpha value is -2.62. The van der Waals surface area contributed by atoms with Gasteiger partial charge in [0.2, 0.25) is 0 Å². The first-order chi connectivity index (χ1) is 12.9. The fourth-order valence-corrected chi connectivity index (χ4v) is 3.15. The highest BCUT2D eigenvalue weighted by Crippen LogP contribution is 2.38. The molecule has 2 aliphatic heterocycles. The van der Waals surface area contributed by atoms with Gasteiger partial charge in [-0.3, -0.25) is 4.99 Å². The summed E-state index contributed by atoms with van der Waals surface area (Å²) in [6.45, 7) is 8.92. The van der Waals surface area contributed by atoms with Crippen molar-refractivity contribution in [3.8, 4) is 0 Å². The molecule has 2 heterocycles. The lowest BCUT2D eigenvalue weighted by Gasteiger charge is -2.25. The summed E-state index contributed by atoms with van der Waals surface area (Å²) in [5.41, 5.74) is 0.626. The van der Waals surface area contributed by atoms with Crippen LogP contribution in [-0.2, 0) is 9.47 Å². The molecule has 4 heteroatoms. The third-order valence-corrected chi connectivity index (χ3v) is 4.43. The summed E-state index contributed by atoms with van der Waals surface area (Å²) in [5, 5.41) is 0. The molecule has 0 N–H and O–H groups in total. The van der Waals surface area contributed by atoms with Gasteiger partial charge in [0.05, 0.1) is 13.0 Å². The van der Waals surface area contributed by atoms with Gasteiger partial charge in [-0.15, -0.1) is 0 Å². The van der Waals surface area contributed by atoms with Crippen molar-refractivity contribution < 1.29 is 9.47 Å². The second-order valence-corrected chi connectivity index (χ2v) is 7.94. The molecule has 0 aliphatic carbocycles. The number of benzene rings is 2. The molecule has 2 aromatic rings. The largest absolute Gasteiger partial charge is 0.473 e. The SMILES string of the molecule is CC1(C)CN=C(CC2=N[C@H](c3ccccc3)C(C)(C)O2)O1.c1ccccc1. The van der Waals surface area contributed by atoms with E-state index in [1.54, 1.807) is 0 Å². The molecule has 4 rings (SSSR count). The fourth-order valence-electron chi connectivity index (χ4n) is 3.15. The minimum absolute atomic E-state index is 0.0173. The molecule has 0 aromatic heterocycles. The highest BCUT2D eigenvalue weighted by Gasteiger charge is 2.40. The first-order valence-electron chi connectivity index (χ1n) is 9.39. The quantitative estimate of drug-likeness (QED) is 0.749. The number of nitrogens with zero attached hydrogens (tertiary/aromatic N) is 2. The zero-order valence-corrected chi connectivity index (χ0v) is 16.6. The summed E-state index contributed by atoms with van der Waals surface area (Å²) in [6.07, 6.45) is 0.538. The van der Waals surface area contributed by atoms with E-state index in [2.05, 4.69) is 31.0 Å². The molecule has 142 valence electrons. The van der Waals surface area contributed by atoms with Crippen LogP contribution >= 0.6 is 0 Å². The molecule has 0 fully saturated rings. The summed E-state index contributed by atoms with van der Waals surface area (Å²) in [7, 11) is 0. The second-order valence-electron chi connectivity index (χ2n) is 7.94. The number of rotatable bonds is 3. The molecule has 0 amide bonds. The predicted octanol–water partition coefficient (Wildman–Crippen LogP) is 5.22. The molecule has 0 saturated carbocycles. The molecule has 2 aliphatic rings. The lowest BCUT2D eigenvalue weighted by atomic mass is 9.93. The van der Waals surface area contributed by atoms with Crippen molar-refractivity contribution in [2.45, 2.75) is 51.4 Å². The van der Waals surface area contributed by atoms with Crippen molar-refractivity contribution in [1.29, 1.82) is 0 Å². The summed E-state index contributed by atoms with van der Waals surface area (Å²) < 4.78 is 11.8. The molecule has 0 spiro atoms. The van der Waals surface area contributed by atoms with E-state index in [9.17, 15) is 0 Å². The van der Waals surface area contributed by atoms with Crippen LogP contribution in [0.5, 0.6) is 0 Å². The van der Waals surface area contributed by atoms with E-state index in [0.29, 0.717) is 18.9 Å². The maximum Gasteiger partial charge on any atom is 0.194 e. The minimum atomic E-state index is -0.342. The van der Waals surface area contributed by atoms with Crippen LogP contribution in [-0.4, -0.2) is 29.5 Å². The predicted molar refractivity (Wildman–Crippen MR) is 110 cm³/mol. The van der Waals surface area contributed by atoms with E-state index >= 15 is 0 Å². The maximum atomic E-state index is 6.04. The van der Waals surface area contributed by atoms with Crippen LogP contribution in [0.2, 0.25) is 0 Å². The van der Waals surface area contributed by atoms with Crippen LogP contribution in [0.15, 0.2) is 76.7 Å². The van der Waals surface area contributed by atoms with Gasteiger partial charge >= 0.3 is 0 Å². The minimum Gasteiger partial charge on any atom is -0.473 e. The maximum absolute atomic E-state index is 6.04. The number of aliphatic imine (C=N–C) groups is 2. The Labute approximate surface area is 162 Å². The van der Waals surface area contributed by atoms with Crippen LogP contribution in [0, 0.1) is 0 Å². The van der Waals surface area contributed by atoms with Crippen LogP contribution in [0.25, 0.3) is 0 Å². The van der Waals surface area contributed by atoms with E-state index in [0.717, 1.165) is 5.90 Å². The van der Waals surface area contributed by atoms with Gasteiger partial charge in [-0.1, -0.05) is 66.7 Å². The Morgan fingerprint density at radius 1 is 0.815 bits per heavy atom. The van der Waals surface area contributed by atoms with Crippen molar-refractivity contribution in [2.24, 2.45) is 9.98 Å². The summed E-state index contributed by atoms with van der Waals surface area (Å²) in [6, 6.07) is 22.3. The van der Waals surface area contributed by atoms with Gasteiger partial charge in [0.15, 0.2) is 11.8 Å². The molecule has 27 heavy (non-hydrogen) atoms. The molecule has 0 bridgehead atoms. The van der Waals surface area contributed by atoms with Crippen LogP contribution < -0.4 is 0 Å². The summed E-state index contributed by atoms with van der Waals surface area (Å²) >= 11 is 0. The Balaban J connectivity index is 0.000000299. The van der Waals surface area contributed by atoms with Crippen molar-refractivity contribution in [3.63, 3.8) is 0 Å². The number of hydrogen-bond donors (Lipinski definition) is 0. The standard InChI is InChI=1S/C17H22N2O2.C6H6/c1-16(2)11-18-13(20-16)10-14-19-15(17(3,4)21-14)12-8-6-5-7-9-12;1-2-4-6-5-3-1/h5-9,15H,10-11H2,1-4H3;1-6H/t15-;/m1./s1. The molecule has 0 saturated heterocycles. The Bertz CT molecular complexity index is 769. The molecular weight excluding hydrogens is 336 g/mol. The molecular formula is C23H28N2O2. The van der Waals surface area contributed by atoms with E-state index in [1.165, 1.54) is 5.56 Å². The smallest absolute Gasteiger partial charge is 0.194 e. The molecule has 4 nitrogen and oxygen atoms in total. The van der Waals surface area contributed by atoms with Crippen molar-refractivity contribution in [3.05, 3.63) is 72.3 Å². The molecule has 2 aromatic carbocycles. The van der Waals surface area contributed by atoms with Crippen LogP contribution in [0.4, 0.5) is 0 Å². The Morgan fingerprint density at radius 3 is 1.89 bits per heavy atom. The zero-order chi connectivity index (χ0) is 19.3. The highest BCUT2D eigenvalue weighted by atomic mass is 16.5. The van der Waals surface area contributed by atoms with E-state index in [4.69, 9.17) is 14.5 Å². The average molecular weight is 364 g/mol. The van der Waals surface area contributed by atoms with E-state index in [1.807, 2.05) is 68.4 Å². The van der Waals surface area contributed by atoms with Gasteiger partial charge in [0.25, 0.3) is 0 Å². The summed E-state index contributed by atoms with van der Waals surface area (Å²) in [5.74, 6) is 1.44. The van der Waals surface area contributed by atoms with E-state index < -0.39 is 0 Å². The topological polar surface area (TPSA) is 43.2 Å². The summed E-state index contributed by atoms with van der Waals surface area (Å²) in [4.78, 5) is 9.19. The van der Waals surface area contributed by atoms with Gasteiger partial charge < -0.3 is 9.47 Å². The van der Waals surface area contributed by atoms with Gasteiger partial charge in [-0.2, -0.15) is 0 Å². The molecule has 0 unspecified atom stereocenters. The van der Waals surface area contributed by atoms with Crippen molar-refractivity contribution >= 4 is 11.8 Å². The Morgan fingerprint density at radius 2 is 1.37 bits per heavy atom. The highest BCUT2D eigenvalue weighted by molar-refractivity contribution is 5.98. The van der Waals surface area contributed by atoms with Crippen molar-refractivity contribution in [2.75, 3.05) is 6.54 Å². The average Bonchev–Trinajstić information content (AvgIpc) is 3.15. The second kappa shape index (κ2) is 7.95. The number of hydrogen-bond acceptors (Lipinski definition) is 4. The van der Waals surface area contributed by atoms with E-state index in [-0.39, 0.29) is 17.2 Å². The monoisotopic (exact) mass is 364 g/mol. The normalized spacial score (nSPS) is 21.9. The van der Waals surface area contributed by atoms with Gasteiger partial charge in [-0.05, 0) is 33.3 Å². The van der Waals surface area contributed by atoms with Crippen LogP contribution in [0.1, 0.15) is 45.7 Å². The first-order valence-corrected chi connectivity index (χ1v) is 9.39. The third-order valence-electron chi connectivity index (χ3n) is 4.43. The lowest BCUT2D eigenvalue weighted by Crippen LogP contribution is -2.28. The zero-order valence-electron chi connectivity index (χ0n) is 16.6. The molecule has 1 atom stereocenters. The van der Waals surface area contributed by atoms with Crippen LogP contribution in [0.3, 0.4) is 0 Å². The number of ether oxygens (including phenoxy) is 2. The first kappa shape index (κ1) is 19.2. The third kappa shape index (κ3) is 5.19. The van der Waals surface area contributed by atoms with Crippen molar-refractivity contribution in [1.82, 2.24) is 0 Å². The lowest BCUT2D eigenvalue weighted by molar-refractivity contribution is 0.0929. The van der Waals surface area contributed by atoms with Gasteiger partial charge in [0.1, 0.15) is 17.2 Å². The van der Waals surface area contributed by atoms with Gasteiger partial charge in [-0.25, -0.2) is 4.99 Å².